The predicted molar refractivity (Wildman–Crippen MR) is 125 cm³/mol. The van der Waals surface area contributed by atoms with Crippen molar-refractivity contribution in [2.45, 2.75) is 13.8 Å². The van der Waals surface area contributed by atoms with Crippen molar-refractivity contribution in [3.63, 3.8) is 0 Å². The lowest BCUT2D eigenvalue weighted by atomic mass is 10.1. The van der Waals surface area contributed by atoms with Crippen LogP contribution in [0, 0.1) is 6.92 Å². The fraction of sp³-hybridized carbons (Fsp3) is 0.120. The lowest BCUT2D eigenvalue weighted by Crippen LogP contribution is -2.19. The minimum absolute atomic E-state index is 0.0412. The fourth-order valence-corrected chi connectivity index (χ4v) is 2.90. The summed E-state index contributed by atoms with van der Waals surface area (Å²) < 4.78 is 9.93. The number of aryl methyl sites for hydroxylation is 1. The van der Waals surface area contributed by atoms with Gasteiger partial charge in [0.25, 0.3) is 5.91 Å². The molecule has 0 aliphatic rings. The Bertz CT molecular complexity index is 1270. The summed E-state index contributed by atoms with van der Waals surface area (Å²) in [6.45, 7) is 3.23. The number of carbonyl (C=O) groups is 3. The van der Waals surface area contributed by atoms with E-state index >= 15 is 0 Å². The minimum atomic E-state index is -0.789. The zero-order valence-electron chi connectivity index (χ0n) is 18.3. The van der Waals surface area contributed by atoms with Crippen molar-refractivity contribution in [2.24, 2.45) is 0 Å². The van der Waals surface area contributed by atoms with Crippen molar-refractivity contribution in [1.82, 2.24) is 0 Å². The standard InChI is InChI=1S/C25H22N2O6/c1-15-4-6-17(7-5-15)23(29)27-21-14-20(16(2)28)22(33-25(21)31)12-13-26-19-10-8-18(9-11-19)24(30)32-3/h4-14,26H,1-3H3,(H,27,29)/b13-12-. The summed E-state index contributed by atoms with van der Waals surface area (Å²) in [5.41, 5.74) is 1.64. The maximum Gasteiger partial charge on any atom is 0.360 e. The van der Waals surface area contributed by atoms with Crippen molar-refractivity contribution in [3.05, 3.63) is 99.2 Å². The van der Waals surface area contributed by atoms with E-state index in [9.17, 15) is 19.2 Å². The number of ketones is 1. The van der Waals surface area contributed by atoms with E-state index in [0.29, 0.717) is 16.8 Å². The Balaban J connectivity index is 1.78. The number of benzene rings is 2. The zero-order chi connectivity index (χ0) is 24.0. The summed E-state index contributed by atoms with van der Waals surface area (Å²) in [5, 5.41) is 5.45. The molecule has 1 heterocycles. The number of carbonyl (C=O) groups excluding carboxylic acids is 3. The molecule has 0 saturated heterocycles. The van der Waals surface area contributed by atoms with Crippen LogP contribution in [-0.4, -0.2) is 24.8 Å². The normalized spacial score (nSPS) is 10.6. The second-order valence-electron chi connectivity index (χ2n) is 7.15. The Morgan fingerprint density at radius 3 is 2.21 bits per heavy atom. The van der Waals surface area contributed by atoms with Gasteiger partial charge in [0.1, 0.15) is 11.4 Å². The molecule has 1 amide bonds. The van der Waals surface area contributed by atoms with E-state index in [4.69, 9.17) is 4.42 Å². The number of anilines is 2. The van der Waals surface area contributed by atoms with Gasteiger partial charge in [-0.15, -0.1) is 0 Å². The number of ether oxygens (including phenoxy) is 1. The van der Waals surface area contributed by atoms with Crippen molar-refractivity contribution >= 4 is 35.1 Å². The Kier molecular flexibility index (Phi) is 7.20. The van der Waals surface area contributed by atoms with Crippen LogP contribution in [0.5, 0.6) is 0 Å². The van der Waals surface area contributed by atoms with Gasteiger partial charge in [-0.2, -0.15) is 0 Å². The molecule has 0 spiro atoms. The summed E-state index contributed by atoms with van der Waals surface area (Å²) in [4.78, 5) is 48.4. The molecule has 0 saturated carbocycles. The first-order valence-electron chi connectivity index (χ1n) is 9.97. The summed E-state index contributed by atoms with van der Waals surface area (Å²) in [5.74, 6) is -1.23. The highest BCUT2D eigenvalue weighted by Gasteiger charge is 2.16. The van der Waals surface area contributed by atoms with Crippen LogP contribution >= 0.6 is 0 Å². The lowest BCUT2D eigenvalue weighted by molar-refractivity contribution is 0.0600. The highest BCUT2D eigenvalue weighted by atomic mass is 16.5. The molecule has 3 aromatic rings. The van der Waals surface area contributed by atoms with E-state index in [-0.39, 0.29) is 22.8 Å². The zero-order valence-corrected chi connectivity index (χ0v) is 18.3. The summed E-state index contributed by atoms with van der Waals surface area (Å²) >= 11 is 0. The summed E-state index contributed by atoms with van der Waals surface area (Å²) in [6, 6.07) is 14.7. The SMILES string of the molecule is COC(=O)c1ccc(N/C=C\c2oc(=O)c(NC(=O)c3ccc(C)cc3)cc2C(C)=O)cc1. The molecular formula is C25H22N2O6. The van der Waals surface area contributed by atoms with E-state index in [1.165, 1.54) is 32.4 Å². The van der Waals surface area contributed by atoms with Gasteiger partial charge >= 0.3 is 11.6 Å². The molecule has 8 heteroatoms. The van der Waals surface area contributed by atoms with Gasteiger partial charge in [-0.05, 0) is 62.4 Å². The largest absolute Gasteiger partial charge is 0.465 e. The molecule has 168 valence electrons. The molecule has 2 N–H and O–H groups in total. The lowest BCUT2D eigenvalue weighted by Gasteiger charge is -2.08. The molecule has 0 aliphatic carbocycles. The van der Waals surface area contributed by atoms with Crippen molar-refractivity contribution in [3.8, 4) is 0 Å². The number of hydrogen-bond acceptors (Lipinski definition) is 7. The van der Waals surface area contributed by atoms with Gasteiger partial charge in [-0.1, -0.05) is 17.7 Å². The quantitative estimate of drug-likeness (QED) is 0.411. The second kappa shape index (κ2) is 10.2. The Morgan fingerprint density at radius 2 is 1.61 bits per heavy atom. The average molecular weight is 446 g/mol. The van der Waals surface area contributed by atoms with Crippen LogP contribution in [0.15, 0.2) is 70.0 Å². The van der Waals surface area contributed by atoms with Gasteiger partial charge in [-0.3, -0.25) is 9.59 Å². The van der Waals surface area contributed by atoms with Crippen LogP contribution in [-0.2, 0) is 4.74 Å². The molecule has 1 aromatic heterocycles. The van der Waals surface area contributed by atoms with E-state index in [2.05, 4.69) is 15.4 Å². The van der Waals surface area contributed by atoms with Crippen LogP contribution in [0.4, 0.5) is 11.4 Å². The van der Waals surface area contributed by atoms with E-state index in [1.807, 2.05) is 6.92 Å². The van der Waals surface area contributed by atoms with Gasteiger partial charge in [0, 0.05) is 17.5 Å². The Hall–Kier alpha value is -4.46. The maximum absolute atomic E-state index is 12.4. The summed E-state index contributed by atoms with van der Waals surface area (Å²) in [7, 11) is 1.30. The molecule has 0 fully saturated rings. The Labute approximate surface area is 189 Å². The molecule has 33 heavy (non-hydrogen) atoms. The van der Waals surface area contributed by atoms with Crippen LogP contribution < -0.4 is 16.3 Å². The topological polar surface area (TPSA) is 115 Å². The van der Waals surface area contributed by atoms with Gasteiger partial charge < -0.3 is 19.8 Å². The number of amides is 1. The van der Waals surface area contributed by atoms with Gasteiger partial charge in [0.05, 0.1) is 18.2 Å². The van der Waals surface area contributed by atoms with Gasteiger partial charge in [-0.25, -0.2) is 9.59 Å². The minimum Gasteiger partial charge on any atom is -0.465 e. The predicted octanol–water partition coefficient (Wildman–Crippen LogP) is 4.27. The number of rotatable bonds is 7. The number of hydrogen-bond donors (Lipinski definition) is 2. The van der Waals surface area contributed by atoms with Crippen molar-refractivity contribution in [1.29, 1.82) is 0 Å². The van der Waals surface area contributed by atoms with Crippen molar-refractivity contribution in [2.75, 3.05) is 17.7 Å². The highest BCUT2D eigenvalue weighted by Crippen LogP contribution is 2.17. The molecule has 0 aliphatic heterocycles. The Morgan fingerprint density at radius 1 is 0.970 bits per heavy atom. The third kappa shape index (κ3) is 5.82. The first kappa shape index (κ1) is 23.2. The molecule has 0 bridgehead atoms. The third-order valence-corrected chi connectivity index (χ3v) is 4.71. The number of methoxy groups -OCH3 is 1. The molecule has 0 atom stereocenters. The molecule has 0 unspecified atom stereocenters. The first-order valence-corrected chi connectivity index (χ1v) is 9.97. The maximum atomic E-state index is 12.4. The van der Waals surface area contributed by atoms with Crippen LogP contribution in [0.3, 0.4) is 0 Å². The third-order valence-electron chi connectivity index (χ3n) is 4.71. The fourth-order valence-electron chi connectivity index (χ4n) is 2.90. The smallest absolute Gasteiger partial charge is 0.360 e. The van der Waals surface area contributed by atoms with Crippen LogP contribution in [0.2, 0.25) is 0 Å². The van der Waals surface area contributed by atoms with Crippen LogP contribution in [0.1, 0.15) is 49.3 Å². The molecule has 8 nitrogen and oxygen atoms in total. The second-order valence-corrected chi connectivity index (χ2v) is 7.15. The molecule has 0 radical (unpaired) electrons. The highest BCUT2D eigenvalue weighted by molar-refractivity contribution is 6.05. The van der Waals surface area contributed by atoms with Crippen LogP contribution in [0.25, 0.3) is 6.08 Å². The van der Waals surface area contributed by atoms with E-state index in [0.717, 1.165) is 5.56 Å². The summed E-state index contributed by atoms with van der Waals surface area (Å²) in [6.07, 6.45) is 2.92. The van der Waals surface area contributed by atoms with Crippen molar-refractivity contribution < 1.29 is 23.5 Å². The molecule has 2 aromatic carbocycles. The van der Waals surface area contributed by atoms with Gasteiger partial charge in [0.2, 0.25) is 0 Å². The number of esters is 1. The number of nitrogens with one attached hydrogen (secondary N) is 2. The van der Waals surface area contributed by atoms with E-state index < -0.39 is 17.5 Å². The monoisotopic (exact) mass is 446 g/mol. The average Bonchev–Trinajstić information content (AvgIpc) is 2.80. The first-order chi connectivity index (χ1) is 15.8. The molecule has 3 rings (SSSR count). The number of Topliss-reactive ketones (excluding diaryl/α,β-unsaturated/α-hetero) is 1. The van der Waals surface area contributed by atoms with Gasteiger partial charge in [0.15, 0.2) is 5.78 Å². The van der Waals surface area contributed by atoms with E-state index in [1.54, 1.807) is 48.5 Å². The molecular weight excluding hydrogens is 424 g/mol.